The van der Waals surface area contributed by atoms with E-state index in [0.717, 1.165) is 37.2 Å². The van der Waals surface area contributed by atoms with E-state index in [0.29, 0.717) is 42.3 Å². The van der Waals surface area contributed by atoms with Gasteiger partial charge in [0, 0.05) is 25.3 Å². The van der Waals surface area contributed by atoms with Gasteiger partial charge in [-0.05, 0) is 49.9 Å². The number of rotatable bonds is 8. The fraction of sp³-hybridized carbons (Fsp3) is 0.429. The number of anilines is 1. The van der Waals surface area contributed by atoms with Crippen molar-refractivity contribution >= 4 is 23.2 Å². The summed E-state index contributed by atoms with van der Waals surface area (Å²) in [6.45, 7) is 1.61. The van der Waals surface area contributed by atoms with Gasteiger partial charge >= 0.3 is 6.09 Å². The van der Waals surface area contributed by atoms with Crippen LogP contribution in [-0.4, -0.2) is 57.5 Å². The molecule has 1 amide bonds. The molecule has 3 N–H and O–H groups in total. The zero-order chi connectivity index (χ0) is 21.6. The van der Waals surface area contributed by atoms with Gasteiger partial charge < -0.3 is 25.2 Å². The van der Waals surface area contributed by atoms with Crippen molar-refractivity contribution < 1.29 is 19.4 Å². The Morgan fingerprint density at radius 2 is 2.10 bits per heavy atom. The highest BCUT2D eigenvalue weighted by molar-refractivity contribution is 5.88. The standard InChI is InChI=1S/C21H26N6O4/c1-30-15-8-6-14(7-9-15)17-18-19(27(13-24-18)16-5-2-3-12-31-16)26-20(25-17)22-10-4-11-23-21(28)29/h6-9,13,16,23H,2-5,10-12H2,1H3,(H,28,29)(H,22,25,26). The van der Waals surface area contributed by atoms with Gasteiger partial charge in [-0.3, -0.25) is 4.57 Å². The smallest absolute Gasteiger partial charge is 0.404 e. The molecule has 0 aliphatic carbocycles. The summed E-state index contributed by atoms with van der Waals surface area (Å²) >= 11 is 0. The number of methoxy groups -OCH3 is 1. The first-order chi connectivity index (χ1) is 15.2. The van der Waals surface area contributed by atoms with E-state index in [1.54, 1.807) is 13.4 Å². The fourth-order valence-electron chi connectivity index (χ4n) is 3.58. The number of nitrogens with one attached hydrogen (secondary N) is 2. The third-order valence-corrected chi connectivity index (χ3v) is 5.16. The number of carboxylic acid groups (broad SMARTS) is 1. The molecule has 3 heterocycles. The van der Waals surface area contributed by atoms with Crippen LogP contribution in [0.4, 0.5) is 10.7 Å². The normalized spacial score (nSPS) is 16.2. The molecule has 0 saturated carbocycles. The Kier molecular flexibility index (Phi) is 6.46. The Labute approximate surface area is 179 Å². The van der Waals surface area contributed by atoms with E-state index >= 15 is 0 Å². The summed E-state index contributed by atoms with van der Waals surface area (Å²) < 4.78 is 13.2. The minimum Gasteiger partial charge on any atom is -0.497 e. The molecule has 164 valence electrons. The minimum absolute atomic E-state index is 0.0926. The van der Waals surface area contributed by atoms with Gasteiger partial charge in [0.25, 0.3) is 0 Å². The third kappa shape index (κ3) is 4.85. The average molecular weight is 426 g/mol. The molecule has 0 spiro atoms. The molecule has 1 fully saturated rings. The molecule has 1 saturated heterocycles. The molecule has 31 heavy (non-hydrogen) atoms. The predicted molar refractivity (Wildman–Crippen MR) is 115 cm³/mol. The summed E-state index contributed by atoms with van der Waals surface area (Å²) in [7, 11) is 1.63. The van der Waals surface area contributed by atoms with Crippen molar-refractivity contribution in [2.24, 2.45) is 0 Å². The molecule has 0 bridgehead atoms. The Hall–Kier alpha value is -3.40. The number of fused-ring (bicyclic) bond motifs is 1. The summed E-state index contributed by atoms with van der Waals surface area (Å²) in [5.74, 6) is 1.23. The van der Waals surface area contributed by atoms with Crippen LogP contribution in [0.3, 0.4) is 0 Å². The molecule has 1 aromatic carbocycles. The van der Waals surface area contributed by atoms with Crippen molar-refractivity contribution in [1.29, 1.82) is 0 Å². The SMILES string of the molecule is COc1ccc(-c2nc(NCCCNC(=O)O)nc3c2ncn3C2CCCCO2)cc1. The fourth-order valence-corrected chi connectivity index (χ4v) is 3.58. The van der Waals surface area contributed by atoms with Crippen molar-refractivity contribution in [2.75, 3.05) is 32.1 Å². The summed E-state index contributed by atoms with van der Waals surface area (Å²) in [5, 5.41) is 14.2. The topological polar surface area (TPSA) is 123 Å². The predicted octanol–water partition coefficient (Wildman–Crippen LogP) is 3.27. The number of hydrogen-bond acceptors (Lipinski definition) is 7. The third-order valence-electron chi connectivity index (χ3n) is 5.16. The first-order valence-corrected chi connectivity index (χ1v) is 10.4. The Morgan fingerprint density at radius 1 is 1.26 bits per heavy atom. The number of aromatic nitrogens is 4. The maximum Gasteiger partial charge on any atom is 0.404 e. The molecule has 2 aromatic heterocycles. The Bertz CT molecular complexity index is 1030. The minimum atomic E-state index is -1.03. The van der Waals surface area contributed by atoms with E-state index in [1.807, 2.05) is 28.8 Å². The summed E-state index contributed by atoms with van der Waals surface area (Å²) in [6, 6.07) is 7.65. The van der Waals surface area contributed by atoms with Crippen LogP contribution in [-0.2, 0) is 4.74 Å². The van der Waals surface area contributed by atoms with Crippen LogP contribution in [0.5, 0.6) is 5.75 Å². The number of ether oxygens (including phenoxy) is 2. The van der Waals surface area contributed by atoms with Crippen molar-refractivity contribution in [3.63, 3.8) is 0 Å². The number of hydrogen-bond donors (Lipinski definition) is 3. The van der Waals surface area contributed by atoms with Gasteiger partial charge in [0.15, 0.2) is 5.65 Å². The van der Waals surface area contributed by atoms with Crippen molar-refractivity contribution in [3.05, 3.63) is 30.6 Å². The highest BCUT2D eigenvalue weighted by Gasteiger charge is 2.22. The van der Waals surface area contributed by atoms with Crippen LogP contribution < -0.4 is 15.4 Å². The van der Waals surface area contributed by atoms with E-state index in [1.165, 1.54) is 0 Å². The highest BCUT2D eigenvalue weighted by Crippen LogP contribution is 2.31. The average Bonchev–Trinajstić information content (AvgIpc) is 3.23. The Morgan fingerprint density at radius 3 is 2.81 bits per heavy atom. The van der Waals surface area contributed by atoms with E-state index in [2.05, 4.69) is 15.6 Å². The quantitative estimate of drug-likeness (QED) is 0.469. The first-order valence-electron chi connectivity index (χ1n) is 10.4. The number of benzene rings is 1. The summed E-state index contributed by atoms with van der Waals surface area (Å²) in [5.41, 5.74) is 3.03. The highest BCUT2D eigenvalue weighted by atomic mass is 16.5. The molecule has 1 aliphatic rings. The number of nitrogens with zero attached hydrogens (tertiary/aromatic N) is 4. The van der Waals surface area contributed by atoms with E-state index in [4.69, 9.17) is 24.5 Å². The Balaban J connectivity index is 1.66. The lowest BCUT2D eigenvalue weighted by Gasteiger charge is -2.23. The van der Waals surface area contributed by atoms with Gasteiger partial charge in [-0.1, -0.05) is 0 Å². The molecule has 4 rings (SSSR count). The van der Waals surface area contributed by atoms with E-state index < -0.39 is 6.09 Å². The van der Waals surface area contributed by atoms with Crippen LogP contribution in [0.1, 0.15) is 31.9 Å². The second-order valence-electron chi connectivity index (χ2n) is 7.28. The van der Waals surface area contributed by atoms with Gasteiger partial charge in [-0.2, -0.15) is 4.98 Å². The second-order valence-corrected chi connectivity index (χ2v) is 7.28. The largest absolute Gasteiger partial charge is 0.497 e. The van der Waals surface area contributed by atoms with E-state index in [-0.39, 0.29) is 6.23 Å². The van der Waals surface area contributed by atoms with Crippen molar-refractivity contribution in [1.82, 2.24) is 24.8 Å². The number of imidazole rings is 1. The molecule has 1 atom stereocenters. The number of carbonyl (C=O) groups is 1. The van der Waals surface area contributed by atoms with Gasteiger partial charge in [0.05, 0.1) is 13.4 Å². The lowest BCUT2D eigenvalue weighted by molar-refractivity contribution is -0.0298. The van der Waals surface area contributed by atoms with Crippen molar-refractivity contribution in [2.45, 2.75) is 31.9 Å². The van der Waals surface area contributed by atoms with Crippen LogP contribution >= 0.6 is 0 Å². The second kappa shape index (κ2) is 9.61. The monoisotopic (exact) mass is 426 g/mol. The van der Waals surface area contributed by atoms with Gasteiger partial charge in [-0.15, -0.1) is 0 Å². The van der Waals surface area contributed by atoms with Gasteiger partial charge in [-0.25, -0.2) is 14.8 Å². The van der Waals surface area contributed by atoms with Crippen LogP contribution in [0, 0.1) is 0 Å². The summed E-state index contributed by atoms with van der Waals surface area (Å²) in [6.07, 6.45) is 4.33. The van der Waals surface area contributed by atoms with Crippen molar-refractivity contribution in [3.8, 4) is 17.0 Å². The lowest BCUT2D eigenvalue weighted by Crippen LogP contribution is -2.23. The molecule has 3 aromatic rings. The molecular weight excluding hydrogens is 400 g/mol. The van der Waals surface area contributed by atoms with Crippen LogP contribution in [0.15, 0.2) is 30.6 Å². The molecule has 10 nitrogen and oxygen atoms in total. The molecular formula is C21H26N6O4. The first kappa shape index (κ1) is 20.9. The molecule has 10 heteroatoms. The van der Waals surface area contributed by atoms with Crippen LogP contribution in [0.25, 0.3) is 22.4 Å². The number of amides is 1. The molecule has 1 unspecified atom stereocenters. The molecule has 1 aliphatic heterocycles. The molecule has 0 radical (unpaired) electrons. The zero-order valence-electron chi connectivity index (χ0n) is 17.4. The maximum atomic E-state index is 10.6. The van der Waals surface area contributed by atoms with E-state index in [9.17, 15) is 4.79 Å². The zero-order valence-corrected chi connectivity index (χ0v) is 17.4. The van der Waals surface area contributed by atoms with Gasteiger partial charge in [0.1, 0.15) is 23.2 Å². The van der Waals surface area contributed by atoms with Gasteiger partial charge in [0.2, 0.25) is 5.95 Å². The summed E-state index contributed by atoms with van der Waals surface area (Å²) in [4.78, 5) is 24.6. The van der Waals surface area contributed by atoms with Crippen LogP contribution in [0.2, 0.25) is 0 Å². The lowest BCUT2D eigenvalue weighted by atomic mass is 10.1. The maximum absolute atomic E-state index is 10.6.